The predicted octanol–water partition coefficient (Wildman–Crippen LogP) is 3.42. The maximum Gasteiger partial charge on any atom is 0.341 e. The number of halogens is 4. The summed E-state index contributed by atoms with van der Waals surface area (Å²) >= 11 is 3.33. The standard InChI is InChI=1S/C22H21BrF3N5O3/c1-22(2,3)29-9-6-30(7-9)17-12(24)4-10-16(15(17)23)31(8-11(18(10)32)21(33)34)20-14(26)5-13(25)19(27)28-20/h4-5,8-9,29H,6-7H2,1-3H3,(H2,27,28)(H,33,34). The average molecular weight is 540 g/mol. The van der Waals surface area contributed by atoms with E-state index >= 15 is 4.39 Å². The van der Waals surface area contributed by atoms with Crippen LogP contribution in [0.5, 0.6) is 0 Å². The first-order valence-electron chi connectivity index (χ1n) is 10.2. The molecule has 12 heteroatoms. The lowest BCUT2D eigenvalue weighted by Crippen LogP contribution is -2.62. The third-order valence-corrected chi connectivity index (χ3v) is 6.14. The number of nitrogen functional groups attached to an aromatic ring is 1. The second kappa shape index (κ2) is 8.27. The Balaban J connectivity index is 1.96. The van der Waals surface area contributed by atoms with Crippen molar-refractivity contribution in [3.63, 3.8) is 0 Å². The van der Waals surface area contributed by atoms with E-state index in [2.05, 4.69) is 26.2 Å². The Hall–Kier alpha value is -3.12. The van der Waals surface area contributed by atoms with Crippen molar-refractivity contribution < 1.29 is 23.1 Å². The molecule has 1 fully saturated rings. The minimum absolute atomic E-state index is 0.0314. The van der Waals surface area contributed by atoms with Crippen LogP contribution < -0.4 is 21.4 Å². The molecular weight excluding hydrogens is 519 g/mol. The van der Waals surface area contributed by atoms with E-state index in [1.54, 1.807) is 4.90 Å². The number of hydrogen-bond donors (Lipinski definition) is 3. The Morgan fingerprint density at radius 2 is 1.85 bits per heavy atom. The van der Waals surface area contributed by atoms with E-state index < -0.39 is 46.0 Å². The summed E-state index contributed by atoms with van der Waals surface area (Å²) in [6.45, 7) is 6.96. The topological polar surface area (TPSA) is 113 Å². The largest absolute Gasteiger partial charge is 0.477 e. The van der Waals surface area contributed by atoms with Crippen LogP contribution in [-0.4, -0.2) is 45.3 Å². The molecule has 2 aromatic heterocycles. The number of carboxylic acids is 1. The average Bonchev–Trinajstić information content (AvgIpc) is 2.68. The Bertz CT molecular complexity index is 1400. The Labute approximate surface area is 200 Å². The van der Waals surface area contributed by atoms with Crippen LogP contribution in [0.25, 0.3) is 16.7 Å². The molecule has 0 amide bonds. The molecule has 34 heavy (non-hydrogen) atoms. The molecule has 0 atom stereocenters. The summed E-state index contributed by atoms with van der Waals surface area (Å²) in [7, 11) is 0. The van der Waals surface area contributed by atoms with Crippen molar-refractivity contribution in [2.45, 2.75) is 32.4 Å². The SMILES string of the molecule is CC(C)(C)NC1CN(c2c(F)cc3c(=O)c(C(=O)O)cn(-c4nc(N)c(F)cc4F)c3c2Br)C1. The van der Waals surface area contributed by atoms with Gasteiger partial charge in [0.2, 0.25) is 5.43 Å². The van der Waals surface area contributed by atoms with Crippen LogP contribution in [0.15, 0.2) is 27.6 Å². The fraction of sp³-hybridized carbons (Fsp3) is 0.318. The predicted molar refractivity (Wildman–Crippen MR) is 125 cm³/mol. The number of fused-ring (bicyclic) bond motifs is 1. The molecule has 4 N–H and O–H groups in total. The van der Waals surface area contributed by atoms with Gasteiger partial charge >= 0.3 is 5.97 Å². The molecule has 1 aromatic carbocycles. The second-order valence-corrected chi connectivity index (χ2v) is 9.91. The fourth-order valence-electron chi connectivity index (χ4n) is 4.02. The molecule has 0 aliphatic carbocycles. The van der Waals surface area contributed by atoms with Crippen molar-refractivity contribution in [2.24, 2.45) is 0 Å². The molecule has 3 heterocycles. The summed E-state index contributed by atoms with van der Waals surface area (Å²) in [5, 5.41) is 12.6. The van der Waals surface area contributed by atoms with Gasteiger partial charge in [0, 0.05) is 36.9 Å². The molecule has 0 radical (unpaired) electrons. The summed E-state index contributed by atoms with van der Waals surface area (Å²) in [5.41, 5.74) is 3.74. The molecule has 0 bridgehead atoms. The molecular formula is C22H21BrF3N5O3. The summed E-state index contributed by atoms with van der Waals surface area (Å²) < 4.78 is 44.7. The molecule has 8 nitrogen and oxygen atoms in total. The highest BCUT2D eigenvalue weighted by molar-refractivity contribution is 9.10. The van der Waals surface area contributed by atoms with Crippen LogP contribution in [0.2, 0.25) is 0 Å². The van der Waals surface area contributed by atoms with Gasteiger partial charge in [0.25, 0.3) is 0 Å². The molecule has 0 unspecified atom stereocenters. The van der Waals surface area contributed by atoms with E-state index in [-0.39, 0.29) is 32.6 Å². The number of nitrogens with one attached hydrogen (secondary N) is 1. The van der Waals surface area contributed by atoms with E-state index in [1.807, 2.05) is 20.8 Å². The number of nitrogens with two attached hydrogens (primary N) is 1. The number of carbonyl (C=O) groups is 1. The zero-order chi connectivity index (χ0) is 25.1. The number of hydrogen-bond acceptors (Lipinski definition) is 6. The van der Waals surface area contributed by atoms with Crippen LogP contribution >= 0.6 is 15.9 Å². The number of nitrogens with zero attached hydrogens (tertiary/aromatic N) is 3. The minimum atomic E-state index is -1.60. The third kappa shape index (κ3) is 4.11. The first kappa shape index (κ1) is 24.0. The highest BCUT2D eigenvalue weighted by Gasteiger charge is 2.34. The zero-order valence-electron chi connectivity index (χ0n) is 18.4. The van der Waals surface area contributed by atoms with Crippen molar-refractivity contribution in [1.82, 2.24) is 14.9 Å². The van der Waals surface area contributed by atoms with Gasteiger partial charge in [-0.25, -0.2) is 22.9 Å². The molecule has 0 saturated carbocycles. The third-order valence-electron chi connectivity index (χ3n) is 5.39. The van der Waals surface area contributed by atoms with Gasteiger partial charge in [-0.15, -0.1) is 0 Å². The van der Waals surface area contributed by atoms with Crippen LogP contribution in [0.3, 0.4) is 0 Å². The number of rotatable bonds is 4. The lowest BCUT2D eigenvalue weighted by Gasteiger charge is -2.45. The lowest BCUT2D eigenvalue weighted by atomic mass is 10.0. The van der Waals surface area contributed by atoms with Gasteiger partial charge in [0.05, 0.1) is 21.1 Å². The molecule has 1 saturated heterocycles. The number of aromatic nitrogens is 2. The highest BCUT2D eigenvalue weighted by Crippen LogP contribution is 2.39. The van der Waals surface area contributed by atoms with E-state index in [0.29, 0.717) is 19.2 Å². The van der Waals surface area contributed by atoms with Gasteiger partial charge in [-0.3, -0.25) is 9.36 Å². The van der Waals surface area contributed by atoms with Crippen LogP contribution in [0.4, 0.5) is 24.7 Å². The van der Waals surface area contributed by atoms with Crippen LogP contribution in [0, 0.1) is 17.5 Å². The maximum atomic E-state index is 15.2. The summed E-state index contributed by atoms with van der Waals surface area (Å²) in [5.74, 6) is -5.78. The normalized spacial score (nSPS) is 14.5. The van der Waals surface area contributed by atoms with Crippen molar-refractivity contribution in [3.8, 4) is 5.82 Å². The van der Waals surface area contributed by atoms with Gasteiger partial charge in [0.15, 0.2) is 23.3 Å². The summed E-state index contributed by atoms with van der Waals surface area (Å²) in [6, 6.07) is 1.50. The van der Waals surface area contributed by atoms with Crippen molar-refractivity contribution in [3.05, 3.63) is 56.0 Å². The van der Waals surface area contributed by atoms with E-state index in [0.717, 1.165) is 16.8 Å². The van der Waals surface area contributed by atoms with Gasteiger partial charge < -0.3 is 21.1 Å². The minimum Gasteiger partial charge on any atom is -0.477 e. The van der Waals surface area contributed by atoms with Gasteiger partial charge in [-0.2, -0.15) is 0 Å². The Morgan fingerprint density at radius 3 is 2.44 bits per heavy atom. The van der Waals surface area contributed by atoms with E-state index in [9.17, 15) is 23.5 Å². The van der Waals surface area contributed by atoms with Crippen LogP contribution in [0.1, 0.15) is 31.1 Å². The lowest BCUT2D eigenvalue weighted by molar-refractivity contribution is 0.0695. The van der Waals surface area contributed by atoms with Crippen molar-refractivity contribution in [1.29, 1.82) is 0 Å². The summed E-state index contributed by atoms with van der Waals surface area (Å²) in [4.78, 5) is 29.9. The number of anilines is 2. The van der Waals surface area contributed by atoms with Gasteiger partial charge in [-0.05, 0) is 42.8 Å². The zero-order valence-corrected chi connectivity index (χ0v) is 20.0. The van der Waals surface area contributed by atoms with Gasteiger partial charge in [0.1, 0.15) is 11.4 Å². The van der Waals surface area contributed by atoms with E-state index in [1.165, 1.54) is 0 Å². The van der Waals surface area contributed by atoms with Gasteiger partial charge in [-0.1, -0.05) is 0 Å². The second-order valence-electron chi connectivity index (χ2n) is 9.12. The van der Waals surface area contributed by atoms with Crippen LogP contribution in [-0.2, 0) is 0 Å². The molecule has 1 aliphatic rings. The highest BCUT2D eigenvalue weighted by atomic mass is 79.9. The Morgan fingerprint density at radius 1 is 1.21 bits per heavy atom. The smallest absolute Gasteiger partial charge is 0.341 e. The molecule has 4 rings (SSSR count). The molecule has 1 aliphatic heterocycles. The number of carboxylic acid groups (broad SMARTS) is 1. The van der Waals surface area contributed by atoms with Crippen molar-refractivity contribution in [2.75, 3.05) is 23.7 Å². The molecule has 180 valence electrons. The summed E-state index contributed by atoms with van der Waals surface area (Å²) in [6.07, 6.45) is 0.863. The van der Waals surface area contributed by atoms with Crippen molar-refractivity contribution >= 4 is 44.3 Å². The monoisotopic (exact) mass is 539 g/mol. The number of benzene rings is 1. The number of aromatic carboxylic acids is 1. The first-order valence-corrected chi connectivity index (χ1v) is 11.0. The molecule has 3 aromatic rings. The fourth-order valence-corrected chi connectivity index (χ4v) is 4.86. The maximum absolute atomic E-state index is 15.2. The quantitative estimate of drug-likeness (QED) is 0.465. The van der Waals surface area contributed by atoms with E-state index in [4.69, 9.17) is 5.73 Å². The first-order chi connectivity index (χ1) is 15.8. The Kier molecular flexibility index (Phi) is 5.85. The number of pyridine rings is 2. The molecule has 0 spiro atoms.